The first-order valence-electron chi connectivity index (χ1n) is 6.65. The summed E-state index contributed by atoms with van der Waals surface area (Å²) in [5, 5.41) is 10.8. The van der Waals surface area contributed by atoms with Crippen molar-refractivity contribution in [2.45, 2.75) is 39.5 Å². The van der Waals surface area contributed by atoms with Crippen LogP contribution in [0.15, 0.2) is 12.1 Å². The van der Waals surface area contributed by atoms with Crippen molar-refractivity contribution in [1.82, 2.24) is 0 Å². The van der Waals surface area contributed by atoms with Crippen LogP contribution in [0.2, 0.25) is 0 Å². The molecule has 1 rings (SSSR count). The highest BCUT2D eigenvalue weighted by atomic mass is 79.9. The van der Waals surface area contributed by atoms with Gasteiger partial charge in [0.05, 0.1) is 12.2 Å². The van der Waals surface area contributed by atoms with Gasteiger partial charge in [0.2, 0.25) is 0 Å². The van der Waals surface area contributed by atoms with Gasteiger partial charge in [0.25, 0.3) is 0 Å². The van der Waals surface area contributed by atoms with Gasteiger partial charge in [-0.15, -0.1) is 0 Å². The maximum atomic E-state index is 11.4. The molecule has 19 heavy (non-hydrogen) atoms. The number of phenolic OH excluding ortho intramolecular Hbond substituents is 1. The lowest BCUT2D eigenvalue weighted by Crippen LogP contribution is -2.02. The van der Waals surface area contributed by atoms with Crippen molar-refractivity contribution in [2.75, 3.05) is 11.9 Å². The first kappa shape index (κ1) is 16.0. The Morgan fingerprint density at radius 1 is 1.32 bits per heavy atom. The Labute approximate surface area is 123 Å². The summed E-state index contributed by atoms with van der Waals surface area (Å²) >= 11 is 3.39. The molecule has 3 nitrogen and oxygen atoms in total. The van der Waals surface area contributed by atoms with E-state index in [9.17, 15) is 9.90 Å². The summed E-state index contributed by atoms with van der Waals surface area (Å²) in [6.07, 6.45) is 4.02. The van der Waals surface area contributed by atoms with Gasteiger partial charge >= 0.3 is 0 Å². The normalized spacial score (nSPS) is 10.5. The molecule has 0 unspecified atom stereocenters. The Morgan fingerprint density at radius 2 is 2.05 bits per heavy atom. The molecule has 106 valence electrons. The Hall–Kier alpha value is -1.03. The Balaban J connectivity index is 2.72. The maximum Gasteiger partial charge on any atom is 0.163 e. The highest BCUT2D eigenvalue weighted by Gasteiger charge is 2.12. The molecule has 0 saturated carbocycles. The van der Waals surface area contributed by atoms with Gasteiger partial charge in [0.1, 0.15) is 11.5 Å². The van der Waals surface area contributed by atoms with Crippen LogP contribution in [0.1, 0.15) is 49.0 Å². The molecule has 0 aliphatic carbocycles. The number of hydrogen-bond donors (Lipinski definition) is 1. The standard InChI is InChI=1S/C15H21BrO3/c1-3-12-9-13(11(2)17)14(18)10-15(12)19-8-6-4-5-7-16/h9-10,18H,3-8H2,1-2H3. The third kappa shape index (κ3) is 4.86. The molecule has 1 N–H and O–H groups in total. The van der Waals surface area contributed by atoms with Crippen molar-refractivity contribution in [2.24, 2.45) is 0 Å². The molecule has 0 heterocycles. The molecule has 0 amide bonds. The zero-order valence-corrected chi connectivity index (χ0v) is 13.1. The van der Waals surface area contributed by atoms with Crippen molar-refractivity contribution in [3.63, 3.8) is 0 Å². The number of aromatic hydroxyl groups is 1. The number of unbranched alkanes of at least 4 members (excludes halogenated alkanes) is 2. The average molecular weight is 329 g/mol. The number of ether oxygens (including phenoxy) is 1. The molecular formula is C15H21BrO3. The summed E-state index contributed by atoms with van der Waals surface area (Å²) in [4.78, 5) is 11.4. The molecular weight excluding hydrogens is 308 g/mol. The molecule has 0 spiro atoms. The first-order valence-corrected chi connectivity index (χ1v) is 7.77. The smallest absolute Gasteiger partial charge is 0.163 e. The van der Waals surface area contributed by atoms with Crippen LogP contribution in [0, 0.1) is 0 Å². The monoisotopic (exact) mass is 328 g/mol. The van der Waals surface area contributed by atoms with Gasteiger partial charge in [-0.3, -0.25) is 4.79 Å². The largest absolute Gasteiger partial charge is 0.507 e. The van der Waals surface area contributed by atoms with Crippen LogP contribution >= 0.6 is 15.9 Å². The number of carbonyl (C=O) groups excluding carboxylic acids is 1. The second kappa shape index (κ2) is 8.20. The van der Waals surface area contributed by atoms with E-state index in [1.54, 1.807) is 12.1 Å². The summed E-state index contributed by atoms with van der Waals surface area (Å²) in [6.45, 7) is 4.10. The number of aryl methyl sites for hydroxylation is 1. The Bertz CT molecular complexity index is 430. The quantitative estimate of drug-likeness (QED) is 0.444. The molecule has 0 aliphatic heterocycles. The molecule has 1 aromatic rings. The minimum absolute atomic E-state index is 0.000146. The number of ketones is 1. The SMILES string of the molecule is CCc1cc(C(C)=O)c(O)cc1OCCCCCBr. The minimum atomic E-state index is -0.129. The number of phenols is 1. The van der Waals surface area contributed by atoms with E-state index >= 15 is 0 Å². The average Bonchev–Trinajstić information content (AvgIpc) is 2.38. The second-order valence-corrected chi connectivity index (χ2v) is 5.28. The van der Waals surface area contributed by atoms with E-state index in [4.69, 9.17) is 4.74 Å². The van der Waals surface area contributed by atoms with Crippen LogP contribution in [-0.2, 0) is 6.42 Å². The fraction of sp³-hybridized carbons (Fsp3) is 0.533. The van der Waals surface area contributed by atoms with Gasteiger partial charge in [-0.25, -0.2) is 0 Å². The molecule has 0 fully saturated rings. The topological polar surface area (TPSA) is 46.5 Å². The van der Waals surface area contributed by atoms with Crippen LogP contribution < -0.4 is 4.74 Å². The summed E-state index contributed by atoms with van der Waals surface area (Å²) < 4.78 is 5.70. The number of Topliss-reactive ketones (excluding diaryl/α,β-unsaturated/α-hetero) is 1. The molecule has 4 heteroatoms. The highest BCUT2D eigenvalue weighted by Crippen LogP contribution is 2.29. The van der Waals surface area contributed by atoms with E-state index in [-0.39, 0.29) is 11.5 Å². The van der Waals surface area contributed by atoms with Crippen LogP contribution in [0.4, 0.5) is 0 Å². The molecule has 0 radical (unpaired) electrons. The molecule has 1 aromatic carbocycles. The second-order valence-electron chi connectivity index (χ2n) is 4.48. The number of alkyl halides is 1. The van der Waals surface area contributed by atoms with Crippen LogP contribution in [-0.4, -0.2) is 22.8 Å². The molecule has 0 aromatic heterocycles. The van der Waals surface area contributed by atoms with Crippen molar-refractivity contribution in [3.8, 4) is 11.5 Å². The summed E-state index contributed by atoms with van der Waals surface area (Å²) in [5.74, 6) is 0.556. The molecule has 0 bridgehead atoms. The zero-order valence-electron chi connectivity index (χ0n) is 11.5. The summed E-state index contributed by atoms with van der Waals surface area (Å²) in [6, 6.07) is 3.28. The Morgan fingerprint density at radius 3 is 2.63 bits per heavy atom. The number of rotatable bonds is 8. The maximum absolute atomic E-state index is 11.4. The third-order valence-corrected chi connectivity index (χ3v) is 3.54. The van der Waals surface area contributed by atoms with Crippen molar-refractivity contribution in [3.05, 3.63) is 23.3 Å². The van der Waals surface area contributed by atoms with Crippen molar-refractivity contribution >= 4 is 21.7 Å². The van der Waals surface area contributed by atoms with Gasteiger partial charge in [-0.05, 0) is 44.2 Å². The molecule has 0 aliphatic rings. The van der Waals surface area contributed by atoms with E-state index in [0.717, 1.165) is 36.6 Å². The zero-order chi connectivity index (χ0) is 14.3. The highest BCUT2D eigenvalue weighted by molar-refractivity contribution is 9.09. The Kier molecular flexibility index (Phi) is 6.92. The molecule has 0 atom stereocenters. The lowest BCUT2D eigenvalue weighted by molar-refractivity contribution is 0.101. The molecule has 0 saturated heterocycles. The van der Waals surface area contributed by atoms with Gasteiger partial charge in [-0.2, -0.15) is 0 Å². The number of halogens is 1. The fourth-order valence-electron chi connectivity index (χ4n) is 1.86. The predicted molar refractivity (Wildman–Crippen MR) is 80.6 cm³/mol. The predicted octanol–water partition coefficient (Wildman–Crippen LogP) is 4.10. The van der Waals surface area contributed by atoms with E-state index < -0.39 is 0 Å². The van der Waals surface area contributed by atoms with Gasteiger partial charge in [-0.1, -0.05) is 22.9 Å². The van der Waals surface area contributed by atoms with E-state index in [2.05, 4.69) is 15.9 Å². The van der Waals surface area contributed by atoms with Crippen LogP contribution in [0.3, 0.4) is 0 Å². The van der Waals surface area contributed by atoms with E-state index in [0.29, 0.717) is 17.9 Å². The van der Waals surface area contributed by atoms with E-state index in [1.807, 2.05) is 6.92 Å². The van der Waals surface area contributed by atoms with Gasteiger partial charge in [0, 0.05) is 11.4 Å². The summed E-state index contributed by atoms with van der Waals surface area (Å²) in [7, 11) is 0. The van der Waals surface area contributed by atoms with Crippen molar-refractivity contribution in [1.29, 1.82) is 0 Å². The fourth-order valence-corrected chi connectivity index (χ4v) is 2.26. The van der Waals surface area contributed by atoms with E-state index in [1.165, 1.54) is 6.92 Å². The number of carbonyl (C=O) groups is 1. The van der Waals surface area contributed by atoms with Crippen molar-refractivity contribution < 1.29 is 14.6 Å². The van der Waals surface area contributed by atoms with Gasteiger partial charge < -0.3 is 9.84 Å². The lowest BCUT2D eigenvalue weighted by atomic mass is 10.0. The summed E-state index contributed by atoms with van der Waals surface area (Å²) in [5.41, 5.74) is 1.33. The minimum Gasteiger partial charge on any atom is -0.507 e. The number of hydrogen-bond acceptors (Lipinski definition) is 3. The van der Waals surface area contributed by atoms with Gasteiger partial charge in [0.15, 0.2) is 5.78 Å². The first-order chi connectivity index (χ1) is 9.10. The lowest BCUT2D eigenvalue weighted by Gasteiger charge is -2.12. The van der Waals surface area contributed by atoms with Crippen LogP contribution in [0.25, 0.3) is 0 Å². The third-order valence-electron chi connectivity index (χ3n) is 2.97. The number of benzene rings is 1. The van der Waals surface area contributed by atoms with Crippen LogP contribution in [0.5, 0.6) is 11.5 Å².